The monoisotopic (exact) mass is 177 g/mol. The van der Waals surface area contributed by atoms with Crippen molar-refractivity contribution in [2.24, 2.45) is 0 Å². The first-order valence-electron chi connectivity index (χ1n) is 4.31. The fraction of sp³-hybridized carbons (Fsp3) is 0.455. The summed E-state index contributed by atoms with van der Waals surface area (Å²) in [6.45, 7) is 5.93. The maximum Gasteiger partial charge on any atom is 0.107 e. The summed E-state index contributed by atoms with van der Waals surface area (Å²) in [5, 5.41) is 3.07. The predicted molar refractivity (Wildman–Crippen MR) is 53.6 cm³/mol. The summed E-state index contributed by atoms with van der Waals surface area (Å²) in [4.78, 5) is 0. The first-order chi connectivity index (χ1) is 6.11. The molecule has 1 aromatic rings. The van der Waals surface area contributed by atoms with Gasteiger partial charge in [0.1, 0.15) is 11.5 Å². The van der Waals surface area contributed by atoms with Crippen LogP contribution in [-0.4, -0.2) is 7.05 Å². The molecular weight excluding hydrogens is 162 g/mol. The molecule has 2 nitrogen and oxygen atoms in total. The Kier molecular flexibility index (Phi) is 2.79. The van der Waals surface area contributed by atoms with Gasteiger partial charge in [-0.15, -0.1) is 6.42 Å². The summed E-state index contributed by atoms with van der Waals surface area (Å²) in [6.07, 6.45) is 5.41. The van der Waals surface area contributed by atoms with Gasteiger partial charge in [-0.05, 0) is 33.4 Å². The summed E-state index contributed by atoms with van der Waals surface area (Å²) in [5.74, 6) is 4.55. The van der Waals surface area contributed by atoms with E-state index < -0.39 is 0 Å². The number of hydrogen-bond donors (Lipinski definition) is 1. The molecule has 1 heterocycles. The zero-order valence-electron chi connectivity index (χ0n) is 8.56. The summed E-state index contributed by atoms with van der Waals surface area (Å²) < 4.78 is 5.49. The smallest absolute Gasteiger partial charge is 0.107 e. The van der Waals surface area contributed by atoms with Crippen LogP contribution in [-0.2, 0) is 0 Å². The second-order valence-electron chi connectivity index (χ2n) is 3.14. The molecule has 0 radical (unpaired) electrons. The van der Waals surface area contributed by atoms with Crippen molar-refractivity contribution in [3.8, 4) is 12.3 Å². The van der Waals surface area contributed by atoms with Crippen LogP contribution < -0.4 is 5.32 Å². The Morgan fingerprint density at radius 1 is 1.31 bits per heavy atom. The molecule has 0 bridgehead atoms. The largest absolute Gasteiger partial charge is 0.466 e. The highest BCUT2D eigenvalue weighted by Crippen LogP contribution is 2.26. The van der Waals surface area contributed by atoms with Crippen molar-refractivity contribution < 1.29 is 4.42 Å². The van der Waals surface area contributed by atoms with Crippen LogP contribution in [0.5, 0.6) is 0 Å². The molecule has 0 fully saturated rings. The molecule has 1 aromatic heterocycles. The minimum Gasteiger partial charge on any atom is -0.466 e. The molecule has 1 unspecified atom stereocenters. The van der Waals surface area contributed by atoms with Crippen molar-refractivity contribution in [1.29, 1.82) is 0 Å². The second-order valence-corrected chi connectivity index (χ2v) is 3.14. The van der Waals surface area contributed by atoms with Crippen LogP contribution in [0.4, 0.5) is 0 Å². The average Bonchev–Trinajstić information content (AvgIpc) is 2.34. The minimum atomic E-state index is -0.0440. The Hall–Kier alpha value is -1.20. The lowest BCUT2D eigenvalue weighted by Gasteiger charge is -2.09. The normalized spacial score (nSPS) is 12.5. The Bertz CT molecular complexity index is 344. The zero-order valence-corrected chi connectivity index (χ0v) is 8.56. The van der Waals surface area contributed by atoms with E-state index >= 15 is 0 Å². The molecule has 0 saturated heterocycles. The number of furan rings is 1. The molecule has 0 saturated carbocycles. The predicted octanol–water partition coefficient (Wildman–Crippen LogP) is 2.10. The van der Waals surface area contributed by atoms with Gasteiger partial charge in [-0.1, -0.05) is 5.92 Å². The van der Waals surface area contributed by atoms with Gasteiger partial charge in [0.2, 0.25) is 0 Å². The first-order valence-corrected chi connectivity index (χ1v) is 4.31. The van der Waals surface area contributed by atoms with Crippen LogP contribution in [0, 0.1) is 33.1 Å². The Morgan fingerprint density at radius 2 is 1.92 bits per heavy atom. The molecule has 1 atom stereocenters. The van der Waals surface area contributed by atoms with Crippen molar-refractivity contribution in [2.75, 3.05) is 7.05 Å². The Morgan fingerprint density at radius 3 is 2.23 bits per heavy atom. The number of hydrogen-bond acceptors (Lipinski definition) is 2. The lowest BCUT2D eigenvalue weighted by Crippen LogP contribution is -2.15. The summed E-state index contributed by atoms with van der Waals surface area (Å²) >= 11 is 0. The number of aryl methyl sites for hydroxylation is 2. The van der Waals surface area contributed by atoms with Gasteiger partial charge in [0.05, 0.1) is 6.04 Å². The van der Waals surface area contributed by atoms with E-state index in [4.69, 9.17) is 10.8 Å². The highest BCUT2D eigenvalue weighted by atomic mass is 16.3. The molecule has 1 rings (SSSR count). The van der Waals surface area contributed by atoms with Gasteiger partial charge >= 0.3 is 0 Å². The second kappa shape index (κ2) is 3.68. The van der Waals surface area contributed by atoms with Crippen LogP contribution in [0.25, 0.3) is 0 Å². The summed E-state index contributed by atoms with van der Waals surface area (Å²) in [5.41, 5.74) is 2.25. The van der Waals surface area contributed by atoms with Crippen LogP contribution in [0.3, 0.4) is 0 Å². The number of terminal acetylenes is 1. The van der Waals surface area contributed by atoms with E-state index in [-0.39, 0.29) is 6.04 Å². The fourth-order valence-electron chi connectivity index (χ4n) is 1.55. The molecule has 0 spiro atoms. The minimum absolute atomic E-state index is 0.0440. The standard InChI is InChI=1S/C11H15NO/c1-6-10(12-5)11-7(2)8(3)13-9(11)4/h1,10,12H,2-5H3. The third-order valence-electron chi connectivity index (χ3n) is 2.36. The van der Waals surface area contributed by atoms with Crippen molar-refractivity contribution in [2.45, 2.75) is 26.8 Å². The summed E-state index contributed by atoms with van der Waals surface area (Å²) in [6, 6.07) is -0.0440. The van der Waals surface area contributed by atoms with E-state index in [1.54, 1.807) is 0 Å². The molecule has 0 amide bonds. The van der Waals surface area contributed by atoms with Crippen molar-refractivity contribution >= 4 is 0 Å². The van der Waals surface area contributed by atoms with E-state index in [2.05, 4.69) is 11.2 Å². The molecule has 0 aromatic carbocycles. The SMILES string of the molecule is C#CC(NC)c1c(C)oc(C)c1C. The highest BCUT2D eigenvalue weighted by molar-refractivity contribution is 5.37. The van der Waals surface area contributed by atoms with Crippen molar-refractivity contribution in [3.63, 3.8) is 0 Å². The topological polar surface area (TPSA) is 25.2 Å². The van der Waals surface area contributed by atoms with E-state index in [0.29, 0.717) is 0 Å². The van der Waals surface area contributed by atoms with E-state index in [9.17, 15) is 0 Å². The van der Waals surface area contributed by atoms with Crippen LogP contribution in [0.1, 0.15) is 28.7 Å². The van der Waals surface area contributed by atoms with Gasteiger partial charge in [0.25, 0.3) is 0 Å². The van der Waals surface area contributed by atoms with E-state index in [1.165, 1.54) is 0 Å². The fourth-order valence-corrected chi connectivity index (χ4v) is 1.55. The number of nitrogens with one attached hydrogen (secondary N) is 1. The molecular formula is C11H15NO. The van der Waals surface area contributed by atoms with Crippen LogP contribution in [0.2, 0.25) is 0 Å². The number of rotatable bonds is 2. The van der Waals surface area contributed by atoms with E-state index in [0.717, 1.165) is 22.6 Å². The first kappa shape index (κ1) is 9.88. The van der Waals surface area contributed by atoms with Gasteiger partial charge in [-0.25, -0.2) is 0 Å². The maximum absolute atomic E-state index is 5.49. The molecule has 1 N–H and O–H groups in total. The van der Waals surface area contributed by atoms with Gasteiger partial charge in [-0.3, -0.25) is 0 Å². The van der Waals surface area contributed by atoms with Crippen LogP contribution in [0.15, 0.2) is 4.42 Å². The van der Waals surface area contributed by atoms with Crippen molar-refractivity contribution in [3.05, 3.63) is 22.6 Å². The average molecular weight is 177 g/mol. The lowest BCUT2D eigenvalue weighted by molar-refractivity contribution is 0.497. The van der Waals surface area contributed by atoms with Gasteiger partial charge in [-0.2, -0.15) is 0 Å². The molecule has 2 heteroatoms. The van der Waals surface area contributed by atoms with E-state index in [1.807, 2.05) is 27.8 Å². The summed E-state index contributed by atoms with van der Waals surface area (Å²) in [7, 11) is 1.85. The highest BCUT2D eigenvalue weighted by Gasteiger charge is 2.17. The Labute approximate surface area is 79.3 Å². The maximum atomic E-state index is 5.49. The molecule has 13 heavy (non-hydrogen) atoms. The molecule has 0 aliphatic carbocycles. The van der Waals surface area contributed by atoms with Crippen molar-refractivity contribution in [1.82, 2.24) is 5.32 Å². The third kappa shape index (κ3) is 1.61. The molecule has 0 aliphatic rings. The molecule has 70 valence electrons. The zero-order chi connectivity index (χ0) is 10.0. The quantitative estimate of drug-likeness (QED) is 0.700. The Balaban J connectivity index is 3.21. The van der Waals surface area contributed by atoms with Gasteiger partial charge in [0, 0.05) is 5.56 Å². The lowest BCUT2D eigenvalue weighted by atomic mass is 10.0. The molecule has 0 aliphatic heterocycles. The van der Waals surface area contributed by atoms with Gasteiger partial charge in [0.15, 0.2) is 0 Å². The third-order valence-corrected chi connectivity index (χ3v) is 2.36. The van der Waals surface area contributed by atoms with Crippen LogP contribution >= 0.6 is 0 Å². The van der Waals surface area contributed by atoms with Gasteiger partial charge < -0.3 is 9.73 Å².